The number of benzene rings is 2. The van der Waals surface area contributed by atoms with Crippen LogP contribution in [0.15, 0.2) is 58.2 Å². The molecular formula is C19H16ClN5OS. The highest BCUT2D eigenvalue weighted by atomic mass is 35.5. The molecule has 0 aliphatic heterocycles. The lowest BCUT2D eigenvalue weighted by molar-refractivity contribution is 0.391. The molecule has 0 aliphatic carbocycles. The maximum atomic E-state index is 5.91. The van der Waals surface area contributed by atoms with Gasteiger partial charge in [0.25, 0.3) is 0 Å². The molecule has 0 aliphatic rings. The van der Waals surface area contributed by atoms with Crippen LogP contribution in [0.1, 0.15) is 18.4 Å². The largest absolute Gasteiger partial charge is 0.338 e. The van der Waals surface area contributed by atoms with E-state index < -0.39 is 0 Å². The van der Waals surface area contributed by atoms with E-state index in [1.165, 1.54) is 17.3 Å². The second-order valence-electron chi connectivity index (χ2n) is 5.82. The summed E-state index contributed by atoms with van der Waals surface area (Å²) in [7, 11) is 0. The summed E-state index contributed by atoms with van der Waals surface area (Å²) >= 11 is 7.34. The predicted octanol–water partition coefficient (Wildman–Crippen LogP) is 5.03. The normalized spacial score (nSPS) is 11.0. The summed E-state index contributed by atoms with van der Waals surface area (Å²) in [5.74, 6) is 2.31. The van der Waals surface area contributed by atoms with E-state index in [4.69, 9.17) is 16.1 Å². The van der Waals surface area contributed by atoms with Gasteiger partial charge in [0.1, 0.15) is 0 Å². The van der Waals surface area contributed by atoms with Gasteiger partial charge in [0, 0.05) is 16.1 Å². The zero-order valence-electron chi connectivity index (χ0n) is 14.5. The minimum atomic E-state index is 0.498. The van der Waals surface area contributed by atoms with Crippen LogP contribution in [0.5, 0.6) is 0 Å². The van der Waals surface area contributed by atoms with E-state index in [2.05, 4.69) is 44.4 Å². The highest BCUT2D eigenvalue weighted by Gasteiger charge is 2.11. The first-order valence-corrected chi connectivity index (χ1v) is 9.80. The monoisotopic (exact) mass is 397 g/mol. The minimum absolute atomic E-state index is 0.498. The molecule has 1 N–H and O–H groups in total. The van der Waals surface area contributed by atoms with E-state index in [9.17, 15) is 0 Å². The Balaban J connectivity index is 1.40. The number of halogens is 1. The van der Waals surface area contributed by atoms with Crippen molar-refractivity contribution >= 4 is 23.4 Å². The highest BCUT2D eigenvalue weighted by molar-refractivity contribution is 7.98. The van der Waals surface area contributed by atoms with Crippen molar-refractivity contribution in [1.29, 1.82) is 0 Å². The van der Waals surface area contributed by atoms with E-state index in [0.29, 0.717) is 33.5 Å². The molecule has 0 amide bonds. The van der Waals surface area contributed by atoms with Crippen LogP contribution in [-0.4, -0.2) is 25.3 Å². The second kappa shape index (κ2) is 7.94. The second-order valence-corrected chi connectivity index (χ2v) is 7.20. The maximum Gasteiger partial charge on any atom is 0.237 e. The molecule has 4 rings (SSSR count). The van der Waals surface area contributed by atoms with Crippen molar-refractivity contribution in [2.24, 2.45) is 0 Å². The lowest BCUT2D eigenvalue weighted by Crippen LogP contribution is -1.85. The molecule has 0 radical (unpaired) electrons. The number of nitrogens with zero attached hydrogens (tertiary/aromatic N) is 4. The Bertz CT molecular complexity index is 1030. The smallest absolute Gasteiger partial charge is 0.237 e. The van der Waals surface area contributed by atoms with E-state index in [-0.39, 0.29) is 0 Å². The van der Waals surface area contributed by atoms with Gasteiger partial charge in [0.15, 0.2) is 5.82 Å². The van der Waals surface area contributed by atoms with Crippen LogP contribution in [0.25, 0.3) is 22.8 Å². The molecular weight excluding hydrogens is 382 g/mol. The van der Waals surface area contributed by atoms with Crippen LogP contribution in [0.4, 0.5) is 0 Å². The van der Waals surface area contributed by atoms with Crippen LogP contribution >= 0.6 is 23.4 Å². The van der Waals surface area contributed by atoms with Gasteiger partial charge in [-0.3, -0.25) is 5.10 Å². The molecule has 2 aromatic heterocycles. The average molecular weight is 398 g/mol. The third-order valence-electron chi connectivity index (χ3n) is 4.00. The summed E-state index contributed by atoms with van der Waals surface area (Å²) in [6.07, 6.45) is 1.00. The Morgan fingerprint density at radius 2 is 1.74 bits per heavy atom. The topological polar surface area (TPSA) is 80.5 Å². The van der Waals surface area contributed by atoms with Crippen molar-refractivity contribution in [2.45, 2.75) is 24.3 Å². The van der Waals surface area contributed by atoms with Crippen molar-refractivity contribution in [3.8, 4) is 22.8 Å². The van der Waals surface area contributed by atoms with Gasteiger partial charge >= 0.3 is 0 Å². The average Bonchev–Trinajstić information content (AvgIpc) is 3.37. The summed E-state index contributed by atoms with van der Waals surface area (Å²) < 4.78 is 5.34. The zero-order valence-corrected chi connectivity index (χ0v) is 16.1. The Morgan fingerprint density at radius 1 is 1.00 bits per heavy atom. The van der Waals surface area contributed by atoms with Gasteiger partial charge in [-0.1, -0.05) is 59.7 Å². The van der Waals surface area contributed by atoms with Gasteiger partial charge in [-0.25, -0.2) is 4.98 Å². The van der Waals surface area contributed by atoms with Gasteiger partial charge in [-0.15, -0.1) is 5.10 Å². The van der Waals surface area contributed by atoms with Crippen LogP contribution in [0, 0.1) is 0 Å². The number of thioether (sulfide) groups is 1. The number of aryl methyl sites for hydroxylation is 1. The van der Waals surface area contributed by atoms with E-state index in [1.807, 2.05) is 36.4 Å². The first-order valence-electron chi connectivity index (χ1n) is 8.44. The lowest BCUT2D eigenvalue weighted by atomic mass is 10.1. The summed E-state index contributed by atoms with van der Waals surface area (Å²) in [5.41, 5.74) is 3.14. The van der Waals surface area contributed by atoms with Crippen molar-refractivity contribution in [1.82, 2.24) is 25.3 Å². The molecule has 0 bridgehead atoms. The molecule has 2 heterocycles. The quantitative estimate of drug-likeness (QED) is 0.459. The lowest BCUT2D eigenvalue weighted by Gasteiger charge is -1.97. The van der Waals surface area contributed by atoms with Crippen LogP contribution in [0.3, 0.4) is 0 Å². The fraction of sp³-hybridized carbons (Fsp3) is 0.158. The Kier molecular flexibility index (Phi) is 5.22. The summed E-state index contributed by atoms with van der Waals surface area (Å²) in [4.78, 5) is 8.92. The third-order valence-corrected chi connectivity index (χ3v) is 5.08. The van der Waals surface area contributed by atoms with Crippen LogP contribution in [-0.2, 0) is 12.2 Å². The van der Waals surface area contributed by atoms with Gasteiger partial charge in [0.05, 0.1) is 5.75 Å². The van der Waals surface area contributed by atoms with Crippen LogP contribution in [0.2, 0.25) is 5.02 Å². The van der Waals surface area contributed by atoms with E-state index in [0.717, 1.165) is 17.5 Å². The van der Waals surface area contributed by atoms with Gasteiger partial charge in [-0.05, 0) is 36.2 Å². The number of aromatic amines is 1. The third kappa shape index (κ3) is 4.20. The highest BCUT2D eigenvalue weighted by Crippen LogP contribution is 2.24. The summed E-state index contributed by atoms with van der Waals surface area (Å²) in [5, 5.41) is 12.5. The molecule has 0 saturated carbocycles. The molecule has 0 atom stereocenters. The zero-order chi connectivity index (χ0) is 18.6. The number of aromatic nitrogens is 5. The molecule has 0 fully saturated rings. The molecule has 136 valence electrons. The molecule has 8 heteroatoms. The Morgan fingerprint density at radius 3 is 2.48 bits per heavy atom. The Hall–Kier alpha value is -2.64. The predicted molar refractivity (Wildman–Crippen MR) is 106 cm³/mol. The summed E-state index contributed by atoms with van der Waals surface area (Å²) in [6.45, 7) is 2.13. The molecule has 0 unspecified atom stereocenters. The first kappa shape index (κ1) is 17.8. The molecule has 4 aromatic rings. The fourth-order valence-electron chi connectivity index (χ4n) is 2.49. The number of hydrogen-bond acceptors (Lipinski definition) is 6. The number of nitrogens with one attached hydrogen (secondary N) is 1. The standard InChI is InChI=1S/C19H16ClN5OS/c1-2-12-3-5-14(6-4-12)18-21-16(26-25-18)11-27-19-22-17(23-24-19)13-7-9-15(20)10-8-13/h3-10H,2,11H2,1H3,(H,22,23,24). The van der Waals surface area contributed by atoms with E-state index in [1.54, 1.807) is 0 Å². The van der Waals surface area contributed by atoms with E-state index >= 15 is 0 Å². The van der Waals surface area contributed by atoms with Crippen LogP contribution < -0.4 is 0 Å². The SMILES string of the molecule is CCc1ccc(-c2noc(CSc3n[nH]c(-c4ccc(Cl)cc4)n3)n2)cc1. The first-order chi connectivity index (χ1) is 13.2. The number of hydrogen-bond donors (Lipinski definition) is 1. The molecule has 27 heavy (non-hydrogen) atoms. The number of rotatable bonds is 6. The number of H-pyrrole nitrogens is 1. The molecule has 6 nitrogen and oxygen atoms in total. The van der Waals surface area contributed by atoms with Gasteiger partial charge in [-0.2, -0.15) is 4.98 Å². The maximum absolute atomic E-state index is 5.91. The molecule has 0 spiro atoms. The van der Waals surface area contributed by atoms with Gasteiger partial charge < -0.3 is 4.52 Å². The van der Waals surface area contributed by atoms with Crippen molar-refractivity contribution in [3.05, 3.63) is 65.0 Å². The Labute approximate surface area is 165 Å². The molecule has 2 aromatic carbocycles. The fourth-order valence-corrected chi connectivity index (χ4v) is 3.26. The minimum Gasteiger partial charge on any atom is -0.338 e. The molecule has 0 saturated heterocycles. The van der Waals surface area contributed by atoms with Crippen molar-refractivity contribution < 1.29 is 4.52 Å². The summed E-state index contributed by atoms with van der Waals surface area (Å²) in [6, 6.07) is 15.6. The van der Waals surface area contributed by atoms with Crippen molar-refractivity contribution in [3.63, 3.8) is 0 Å². The van der Waals surface area contributed by atoms with Gasteiger partial charge in [0.2, 0.25) is 16.9 Å². The van der Waals surface area contributed by atoms with Crippen molar-refractivity contribution in [2.75, 3.05) is 0 Å².